The van der Waals surface area contributed by atoms with E-state index in [-0.39, 0.29) is 11.8 Å². The van der Waals surface area contributed by atoms with Gasteiger partial charge in [0.05, 0.1) is 0 Å². The van der Waals surface area contributed by atoms with Crippen LogP contribution in [0.4, 0.5) is 5.69 Å². The van der Waals surface area contributed by atoms with Gasteiger partial charge >= 0.3 is 11.8 Å². The van der Waals surface area contributed by atoms with Crippen molar-refractivity contribution in [2.75, 3.05) is 18.0 Å². The first-order valence-corrected chi connectivity index (χ1v) is 8.34. The number of rotatable bonds is 4. The quantitative estimate of drug-likeness (QED) is 0.779. The Labute approximate surface area is 143 Å². The van der Waals surface area contributed by atoms with Crippen molar-refractivity contribution in [2.24, 2.45) is 5.92 Å². The second kappa shape index (κ2) is 7.12. The molecule has 0 spiro atoms. The third-order valence-electron chi connectivity index (χ3n) is 3.57. The highest BCUT2D eigenvalue weighted by Gasteiger charge is 2.38. The highest BCUT2D eigenvalue weighted by Crippen LogP contribution is 2.37. The standard InChI is InChI=1S/C16H20BrN3O3/c1-4-20-12-6-5-10(17)7-11(12)13(16(20)23)19-15(22)14(21)18-8-9(2)3/h5-7,9,13H,4,8H2,1-3H3,(H,18,21)(H,19,22)/t13-/m0/s1. The first-order valence-electron chi connectivity index (χ1n) is 7.54. The fraction of sp³-hybridized carbons (Fsp3) is 0.438. The van der Waals surface area contributed by atoms with Crippen molar-refractivity contribution in [2.45, 2.75) is 26.8 Å². The fourth-order valence-corrected chi connectivity index (χ4v) is 2.83. The van der Waals surface area contributed by atoms with Gasteiger partial charge in [-0.1, -0.05) is 29.8 Å². The number of halogens is 1. The molecule has 0 radical (unpaired) electrons. The summed E-state index contributed by atoms with van der Waals surface area (Å²) in [6.45, 7) is 6.65. The zero-order valence-corrected chi connectivity index (χ0v) is 14.9. The lowest BCUT2D eigenvalue weighted by Crippen LogP contribution is -2.45. The summed E-state index contributed by atoms with van der Waals surface area (Å²) in [5.74, 6) is -1.51. The van der Waals surface area contributed by atoms with Crippen LogP contribution in [0.1, 0.15) is 32.4 Å². The first-order chi connectivity index (χ1) is 10.8. The third kappa shape index (κ3) is 3.72. The van der Waals surface area contributed by atoms with Crippen LogP contribution in [0.2, 0.25) is 0 Å². The maximum absolute atomic E-state index is 12.5. The monoisotopic (exact) mass is 381 g/mol. The van der Waals surface area contributed by atoms with Gasteiger partial charge in [-0.15, -0.1) is 0 Å². The molecule has 2 rings (SSSR count). The van der Waals surface area contributed by atoms with E-state index >= 15 is 0 Å². The van der Waals surface area contributed by atoms with Crippen LogP contribution in [0.5, 0.6) is 0 Å². The third-order valence-corrected chi connectivity index (χ3v) is 4.07. The van der Waals surface area contributed by atoms with Gasteiger partial charge in [-0.3, -0.25) is 14.4 Å². The summed E-state index contributed by atoms with van der Waals surface area (Å²) in [7, 11) is 0. The zero-order valence-electron chi connectivity index (χ0n) is 13.4. The van der Waals surface area contributed by atoms with Crippen LogP contribution in [0.25, 0.3) is 0 Å². The molecule has 7 heteroatoms. The summed E-state index contributed by atoms with van der Waals surface area (Å²) in [6.07, 6.45) is 0. The predicted molar refractivity (Wildman–Crippen MR) is 90.9 cm³/mol. The Hall–Kier alpha value is -1.89. The van der Waals surface area contributed by atoms with Crippen LogP contribution < -0.4 is 15.5 Å². The molecule has 1 aliphatic rings. The van der Waals surface area contributed by atoms with Crippen LogP contribution in [-0.4, -0.2) is 30.8 Å². The van der Waals surface area contributed by atoms with Crippen molar-refractivity contribution in [3.8, 4) is 0 Å². The molecule has 0 unspecified atom stereocenters. The number of anilines is 1. The summed E-state index contributed by atoms with van der Waals surface area (Å²) >= 11 is 3.37. The Morgan fingerprint density at radius 2 is 2.00 bits per heavy atom. The van der Waals surface area contributed by atoms with Crippen LogP contribution in [0.3, 0.4) is 0 Å². The number of fused-ring (bicyclic) bond motifs is 1. The van der Waals surface area contributed by atoms with Crippen LogP contribution >= 0.6 is 15.9 Å². The van der Waals surface area contributed by atoms with Gasteiger partial charge < -0.3 is 15.5 Å². The lowest BCUT2D eigenvalue weighted by Gasteiger charge is -2.15. The molecule has 1 aromatic rings. The van der Waals surface area contributed by atoms with Crippen LogP contribution in [-0.2, 0) is 14.4 Å². The molecule has 6 nitrogen and oxygen atoms in total. The summed E-state index contributed by atoms with van der Waals surface area (Å²) in [5.41, 5.74) is 1.45. The topological polar surface area (TPSA) is 78.5 Å². The molecule has 2 N–H and O–H groups in total. The maximum atomic E-state index is 12.5. The molecule has 3 amide bonds. The molecule has 1 atom stereocenters. The highest BCUT2D eigenvalue weighted by molar-refractivity contribution is 9.10. The number of benzene rings is 1. The Kier molecular flexibility index (Phi) is 5.41. The highest BCUT2D eigenvalue weighted by atomic mass is 79.9. The minimum absolute atomic E-state index is 0.231. The fourth-order valence-electron chi connectivity index (χ4n) is 2.45. The van der Waals surface area contributed by atoms with Crippen molar-refractivity contribution in [1.82, 2.24) is 10.6 Å². The summed E-state index contributed by atoms with van der Waals surface area (Å²) in [4.78, 5) is 37.9. The first kappa shape index (κ1) is 17.5. The number of amides is 3. The molecule has 0 aromatic heterocycles. The number of nitrogens with zero attached hydrogens (tertiary/aromatic N) is 1. The average molecular weight is 382 g/mol. The molecule has 1 heterocycles. The summed E-state index contributed by atoms with van der Waals surface area (Å²) in [5, 5.41) is 5.08. The van der Waals surface area contributed by atoms with Crippen molar-refractivity contribution in [3.05, 3.63) is 28.2 Å². The number of nitrogens with one attached hydrogen (secondary N) is 2. The number of hydrogen-bond donors (Lipinski definition) is 2. The van der Waals surface area contributed by atoms with Gasteiger partial charge in [0, 0.05) is 28.8 Å². The molecule has 1 aliphatic heterocycles. The van der Waals surface area contributed by atoms with Gasteiger partial charge in [-0.2, -0.15) is 0 Å². The lowest BCUT2D eigenvalue weighted by molar-refractivity contribution is -0.140. The normalized spacial score (nSPS) is 16.5. The number of hydrogen-bond acceptors (Lipinski definition) is 3. The van der Waals surface area contributed by atoms with E-state index in [1.54, 1.807) is 11.0 Å². The molecule has 124 valence electrons. The molecule has 0 fully saturated rings. The molecule has 0 saturated heterocycles. The molecule has 1 aromatic carbocycles. The van der Waals surface area contributed by atoms with Gasteiger partial charge in [-0.05, 0) is 31.0 Å². The Morgan fingerprint density at radius 1 is 1.30 bits per heavy atom. The Morgan fingerprint density at radius 3 is 2.61 bits per heavy atom. The predicted octanol–water partition coefficient (Wildman–Crippen LogP) is 1.75. The van der Waals surface area contributed by atoms with E-state index in [4.69, 9.17) is 0 Å². The minimum Gasteiger partial charge on any atom is -0.348 e. The average Bonchev–Trinajstić information content (AvgIpc) is 2.76. The van der Waals surface area contributed by atoms with Crippen molar-refractivity contribution >= 4 is 39.3 Å². The van der Waals surface area contributed by atoms with E-state index in [1.807, 2.05) is 32.9 Å². The molecular formula is C16H20BrN3O3. The summed E-state index contributed by atoms with van der Waals surface area (Å²) in [6, 6.07) is 4.62. The van der Waals surface area contributed by atoms with Gasteiger partial charge in [0.2, 0.25) is 0 Å². The molecule has 0 aliphatic carbocycles. The van der Waals surface area contributed by atoms with Gasteiger partial charge in [0.15, 0.2) is 0 Å². The SMILES string of the molecule is CCN1C(=O)[C@@H](NC(=O)C(=O)NCC(C)C)c2cc(Br)ccc21. The molecule has 23 heavy (non-hydrogen) atoms. The zero-order chi connectivity index (χ0) is 17.1. The van der Waals surface area contributed by atoms with Crippen molar-refractivity contribution < 1.29 is 14.4 Å². The van der Waals surface area contributed by atoms with Gasteiger partial charge in [-0.25, -0.2) is 0 Å². The van der Waals surface area contributed by atoms with Crippen molar-refractivity contribution in [3.63, 3.8) is 0 Å². The van der Waals surface area contributed by atoms with E-state index in [0.29, 0.717) is 18.7 Å². The number of likely N-dealkylation sites (N-methyl/N-ethyl adjacent to an activating group) is 1. The van der Waals surface area contributed by atoms with Crippen LogP contribution in [0.15, 0.2) is 22.7 Å². The Balaban J connectivity index is 2.17. The largest absolute Gasteiger partial charge is 0.348 e. The number of carbonyl (C=O) groups excluding carboxylic acids is 3. The van der Waals surface area contributed by atoms with Crippen molar-refractivity contribution in [1.29, 1.82) is 0 Å². The van der Waals surface area contributed by atoms with E-state index in [2.05, 4.69) is 26.6 Å². The van der Waals surface area contributed by atoms with Gasteiger partial charge in [0.25, 0.3) is 5.91 Å². The smallest absolute Gasteiger partial charge is 0.310 e. The van der Waals surface area contributed by atoms with Gasteiger partial charge in [0.1, 0.15) is 6.04 Å². The van der Waals surface area contributed by atoms with E-state index in [9.17, 15) is 14.4 Å². The molecular weight excluding hydrogens is 362 g/mol. The summed E-state index contributed by atoms with van der Waals surface area (Å²) < 4.78 is 0.811. The number of carbonyl (C=O) groups is 3. The molecule has 0 bridgehead atoms. The van der Waals surface area contributed by atoms with E-state index < -0.39 is 17.9 Å². The minimum atomic E-state index is -0.834. The second-order valence-electron chi connectivity index (χ2n) is 5.80. The Bertz CT molecular complexity index is 645. The molecule has 0 saturated carbocycles. The van der Waals surface area contributed by atoms with E-state index in [1.165, 1.54) is 0 Å². The van der Waals surface area contributed by atoms with E-state index in [0.717, 1.165) is 10.2 Å². The lowest BCUT2D eigenvalue weighted by atomic mass is 10.1. The maximum Gasteiger partial charge on any atom is 0.310 e. The van der Waals surface area contributed by atoms with Crippen LogP contribution in [0, 0.1) is 5.92 Å². The second-order valence-corrected chi connectivity index (χ2v) is 6.71.